The van der Waals surface area contributed by atoms with Gasteiger partial charge in [-0.3, -0.25) is 4.79 Å². The van der Waals surface area contributed by atoms with Crippen LogP contribution in [0.3, 0.4) is 0 Å². The summed E-state index contributed by atoms with van der Waals surface area (Å²) < 4.78 is 16.6. The molecular weight excluding hydrogens is 342 g/mol. The van der Waals surface area contributed by atoms with Crippen LogP contribution in [0.25, 0.3) is 0 Å². The van der Waals surface area contributed by atoms with Gasteiger partial charge in [0, 0.05) is 0 Å². The fourth-order valence-electron chi connectivity index (χ4n) is 2.64. The van der Waals surface area contributed by atoms with Crippen molar-refractivity contribution >= 4 is 5.91 Å². The van der Waals surface area contributed by atoms with Gasteiger partial charge in [-0.1, -0.05) is 26.0 Å². The van der Waals surface area contributed by atoms with Crippen LogP contribution in [0, 0.1) is 6.92 Å². The van der Waals surface area contributed by atoms with Crippen LogP contribution in [0.4, 0.5) is 0 Å². The summed E-state index contributed by atoms with van der Waals surface area (Å²) >= 11 is 0. The molecule has 0 fully saturated rings. The first-order valence-corrected chi connectivity index (χ1v) is 9.18. The molecule has 0 aliphatic carbocycles. The van der Waals surface area contributed by atoms with E-state index in [1.807, 2.05) is 44.2 Å². The van der Waals surface area contributed by atoms with E-state index in [1.165, 1.54) is 0 Å². The first-order valence-electron chi connectivity index (χ1n) is 9.18. The van der Waals surface area contributed by atoms with Crippen molar-refractivity contribution in [2.45, 2.75) is 39.7 Å². The van der Waals surface area contributed by atoms with Crippen LogP contribution < -0.4 is 19.5 Å². The molecule has 1 N–H and O–H groups in total. The van der Waals surface area contributed by atoms with Crippen LogP contribution in [-0.2, 0) is 4.79 Å². The molecule has 5 heteroatoms. The standard InChI is InChI=1S/C22H29NO4/c1-15(2)20-11-6-16(3)12-21(20)27-14-22(24)23-17(4)13-26-19-9-7-18(25-5)8-10-19/h6-12,15,17H,13-14H2,1-5H3,(H,23,24)/t17-/m0/s1. The van der Waals surface area contributed by atoms with E-state index in [-0.39, 0.29) is 18.6 Å². The van der Waals surface area contributed by atoms with Crippen molar-refractivity contribution in [3.63, 3.8) is 0 Å². The minimum absolute atomic E-state index is 0.0178. The average Bonchev–Trinajstić information content (AvgIpc) is 2.65. The van der Waals surface area contributed by atoms with E-state index in [0.29, 0.717) is 12.5 Å². The van der Waals surface area contributed by atoms with Crippen molar-refractivity contribution in [3.05, 3.63) is 53.6 Å². The summed E-state index contributed by atoms with van der Waals surface area (Å²) in [7, 11) is 1.62. The Hall–Kier alpha value is -2.69. The van der Waals surface area contributed by atoms with E-state index in [2.05, 4.69) is 31.3 Å². The van der Waals surface area contributed by atoms with Crippen molar-refractivity contribution in [2.75, 3.05) is 20.3 Å². The van der Waals surface area contributed by atoms with E-state index in [1.54, 1.807) is 7.11 Å². The Morgan fingerprint density at radius 3 is 2.30 bits per heavy atom. The van der Waals surface area contributed by atoms with E-state index >= 15 is 0 Å². The second-order valence-electron chi connectivity index (χ2n) is 6.94. The molecule has 1 atom stereocenters. The second kappa shape index (κ2) is 9.86. The number of methoxy groups -OCH3 is 1. The number of ether oxygens (including phenoxy) is 3. The van der Waals surface area contributed by atoms with Crippen LogP contribution in [0.1, 0.15) is 37.8 Å². The summed E-state index contributed by atoms with van der Waals surface area (Å²) in [6, 6.07) is 13.3. The predicted octanol–water partition coefficient (Wildman–Crippen LogP) is 4.09. The molecule has 146 valence electrons. The average molecular weight is 371 g/mol. The smallest absolute Gasteiger partial charge is 0.258 e. The summed E-state index contributed by atoms with van der Waals surface area (Å²) in [5, 5.41) is 2.89. The number of amides is 1. The van der Waals surface area contributed by atoms with Gasteiger partial charge >= 0.3 is 0 Å². The summed E-state index contributed by atoms with van der Waals surface area (Å²) in [4.78, 5) is 12.2. The van der Waals surface area contributed by atoms with Gasteiger partial charge in [-0.25, -0.2) is 0 Å². The van der Waals surface area contributed by atoms with Crippen LogP contribution in [0.15, 0.2) is 42.5 Å². The molecule has 2 aromatic carbocycles. The number of nitrogens with one attached hydrogen (secondary N) is 1. The third-order valence-corrected chi connectivity index (χ3v) is 4.12. The monoisotopic (exact) mass is 371 g/mol. The highest BCUT2D eigenvalue weighted by atomic mass is 16.5. The molecule has 0 spiro atoms. The topological polar surface area (TPSA) is 56.8 Å². The molecule has 0 radical (unpaired) electrons. The number of hydrogen-bond donors (Lipinski definition) is 1. The molecule has 5 nitrogen and oxygen atoms in total. The molecule has 0 heterocycles. The van der Waals surface area contributed by atoms with Gasteiger partial charge in [0.25, 0.3) is 5.91 Å². The Morgan fingerprint density at radius 2 is 1.67 bits per heavy atom. The van der Waals surface area contributed by atoms with Gasteiger partial charge < -0.3 is 19.5 Å². The number of carbonyl (C=O) groups is 1. The number of aryl methyl sites for hydroxylation is 1. The molecule has 0 aliphatic heterocycles. The van der Waals surface area contributed by atoms with Gasteiger partial charge in [-0.05, 0) is 61.2 Å². The molecule has 0 saturated heterocycles. The zero-order valence-corrected chi connectivity index (χ0v) is 16.7. The summed E-state index contributed by atoms with van der Waals surface area (Å²) in [5.74, 6) is 2.44. The molecule has 0 unspecified atom stereocenters. The van der Waals surface area contributed by atoms with E-state index in [0.717, 1.165) is 28.4 Å². The normalized spacial score (nSPS) is 11.8. The van der Waals surface area contributed by atoms with Gasteiger partial charge in [0.05, 0.1) is 13.2 Å². The third-order valence-electron chi connectivity index (χ3n) is 4.12. The van der Waals surface area contributed by atoms with E-state index < -0.39 is 0 Å². The van der Waals surface area contributed by atoms with Crippen LogP contribution in [-0.4, -0.2) is 32.3 Å². The SMILES string of the molecule is COc1ccc(OC[C@H](C)NC(=O)COc2cc(C)ccc2C(C)C)cc1. The quantitative estimate of drug-likeness (QED) is 0.721. The van der Waals surface area contributed by atoms with Gasteiger partial charge in [-0.15, -0.1) is 0 Å². The molecule has 2 aromatic rings. The van der Waals surface area contributed by atoms with Gasteiger partial charge in [0.15, 0.2) is 6.61 Å². The van der Waals surface area contributed by atoms with Crippen molar-refractivity contribution in [1.29, 1.82) is 0 Å². The fraction of sp³-hybridized carbons (Fsp3) is 0.409. The largest absolute Gasteiger partial charge is 0.497 e. The zero-order chi connectivity index (χ0) is 19.8. The van der Waals surface area contributed by atoms with Crippen LogP contribution >= 0.6 is 0 Å². The maximum atomic E-state index is 12.2. The van der Waals surface area contributed by atoms with Gasteiger partial charge in [-0.2, -0.15) is 0 Å². The second-order valence-corrected chi connectivity index (χ2v) is 6.94. The Kier molecular flexibility index (Phi) is 7.53. The molecular formula is C22H29NO4. The Bertz CT molecular complexity index is 740. The van der Waals surface area contributed by atoms with Crippen molar-refractivity contribution in [3.8, 4) is 17.2 Å². The van der Waals surface area contributed by atoms with Crippen LogP contribution in [0.2, 0.25) is 0 Å². The number of carbonyl (C=O) groups excluding carboxylic acids is 1. The van der Waals surface area contributed by atoms with Gasteiger partial charge in [0.2, 0.25) is 0 Å². The highest BCUT2D eigenvalue weighted by Crippen LogP contribution is 2.27. The summed E-state index contributed by atoms with van der Waals surface area (Å²) in [6.07, 6.45) is 0. The first kappa shape index (κ1) is 20.6. The highest BCUT2D eigenvalue weighted by molar-refractivity contribution is 5.77. The maximum Gasteiger partial charge on any atom is 0.258 e. The van der Waals surface area contributed by atoms with Crippen molar-refractivity contribution in [2.24, 2.45) is 0 Å². The van der Waals surface area contributed by atoms with Crippen LogP contribution in [0.5, 0.6) is 17.2 Å². The molecule has 2 rings (SSSR count). The van der Waals surface area contributed by atoms with Crippen molar-refractivity contribution < 1.29 is 19.0 Å². The number of benzene rings is 2. The molecule has 0 aromatic heterocycles. The Labute approximate surface area is 161 Å². The highest BCUT2D eigenvalue weighted by Gasteiger charge is 2.12. The summed E-state index contributed by atoms with van der Waals surface area (Å²) in [5.41, 5.74) is 2.21. The minimum Gasteiger partial charge on any atom is -0.497 e. The Balaban J connectivity index is 1.80. The van der Waals surface area contributed by atoms with Gasteiger partial charge in [0.1, 0.15) is 23.9 Å². The molecule has 1 amide bonds. The number of hydrogen-bond acceptors (Lipinski definition) is 4. The lowest BCUT2D eigenvalue weighted by atomic mass is 10.0. The molecule has 0 aliphatic rings. The molecule has 0 saturated carbocycles. The fourth-order valence-corrected chi connectivity index (χ4v) is 2.64. The molecule has 27 heavy (non-hydrogen) atoms. The minimum atomic E-state index is -0.169. The van der Waals surface area contributed by atoms with Crippen molar-refractivity contribution in [1.82, 2.24) is 5.32 Å². The lowest BCUT2D eigenvalue weighted by Crippen LogP contribution is -2.39. The third kappa shape index (κ3) is 6.51. The lowest BCUT2D eigenvalue weighted by molar-refractivity contribution is -0.123. The molecule has 0 bridgehead atoms. The van der Waals surface area contributed by atoms with E-state index in [9.17, 15) is 4.79 Å². The number of rotatable bonds is 9. The van der Waals surface area contributed by atoms with E-state index in [4.69, 9.17) is 14.2 Å². The zero-order valence-electron chi connectivity index (χ0n) is 16.7. The maximum absolute atomic E-state index is 12.2. The lowest BCUT2D eigenvalue weighted by Gasteiger charge is -2.17. The Morgan fingerprint density at radius 1 is 1.00 bits per heavy atom. The predicted molar refractivity (Wildman–Crippen MR) is 107 cm³/mol. The first-order chi connectivity index (χ1) is 12.9. The summed E-state index contributed by atoms with van der Waals surface area (Å²) in [6.45, 7) is 8.48.